The van der Waals surface area contributed by atoms with E-state index in [1.807, 2.05) is 6.92 Å². The molecule has 2 unspecified atom stereocenters. The van der Waals surface area contributed by atoms with Gasteiger partial charge in [0.1, 0.15) is 5.00 Å². The molecule has 4 aliphatic rings. The van der Waals surface area contributed by atoms with Gasteiger partial charge in [0.2, 0.25) is 5.91 Å². The highest BCUT2D eigenvalue weighted by Crippen LogP contribution is 2.64. The van der Waals surface area contributed by atoms with Crippen molar-refractivity contribution in [3.8, 4) is 0 Å². The molecule has 2 saturated carbocycles. The average Bonchev–Trinajstić information content (AvgIpc) is 3.33. The summed E-state index contributed by atoms with van der Waals surface area (Å²) in [5, 5.41) is 3.95. The smallest absolute Gasteiger partial charge is 0.341 e. The van der Waals surface area contributed by atoms with Crippen molar-refractivity contribution in [1.82, 2.24) is 0 Å². The van der Waals surface area contributed by atoms with Gasteiger partial charge in [-0.1, -0.05) is 6.42 Å². The predicted octanol–water partition coefficient (Wildman–Crippen LogP) is 5.74. The van der Waals surface area contributed by atoms with Crippen molar-refractivity contribution < 1.29 is 14.3 Å². The lowest BCUT2D eigenvalue weighted by atomic mass is 9.67. The summed E-state index contributed by atoms with van der Waals surface area (Å²) >= 11 is 5.96. The van der Waals surface area contributed by atoms with Crippen LogP contribution in [0.15, 0.2) is 0 Å². The summed E-state index contributed by atoms with van der Waals surface area (Å²) in [5.74, 6) is 3.75. The summed E-state index contributed by atoms with van der Waals surface area (Å²) < 4.78 is 5.74. The first-order valence-electron chi connectivity index (χ1n) is 11.5. The van der Waals surface area contributed by atoms with Crippen LogP contribution in [0.2, 0.25) is 0 Å². The van der Waals surface area contributed by atoms with Gasteiger partial charge in [0.25, 0.3) is 0 Å². The first-order valence-corrected chi connectivity index (χ1v) is 14.3. The lowest BCUT2D eigenvalue weighted by molar-refractivity contribution is -0.122. The second kappa shape index (κ2) is 8.70. The number of thioether (sulfide) groups is 2. The van der Waals surface area contributed by atoms with E-state index in [2.05, 4.69) is 28.8 Å². The number of carbonyl (C=O) groups is 2. The number of anilines is 1. The summed E-state index contributed by atoms with van der Waals surface area (Å²) in [6.45, 7) is 2.20. The Morgan fingerprint density at radius 3 is 2.47 bits per heavy atom. The Morgan fingerprint density at radius 1 is 1.07 bits per heavy atom. The van der Waals surface area contributed by atoms with Gasteiger partial charge in [-0.3, -0.25) is 4.79 Å². The monoisotopic (exact) mass is 465 g/mol. The molecule has 1 N–H and O–H groups in total. The number of esters is 1. The van der Waals surface area contributed by atoms with Gasteiger partial charge < -0.3 is 10.1 Å². The highest BCUT2D eigenvalue weighted by molar-refractivity contribution is 8.21. The Morgan fingerprint density at radius 2 is 1.77 bits per heavy atom. The number of amides is 1. The second-order valence-corrected chi connectivity index (χ2v) is 13.1. The lowest BCUT2D eigenvalue weighted by Crippen LogP contribution is -2.48. The van der Waals surface area contributed by atoms with Crippen LogP contribution >= 0.6 is 34.9 Å². The van der Waals surface area contributed by atoms with E-state index < -0.39 is 0 Å². The summed E-state index contributed by atoms with van der Waals surface area (Å²) in [4.78, 5) is 27.4. The summed E-state index contributed by atoms with van der Waals surface area (Å²) in [7, 11) is 0. The van der Waals surface area contributed by atoms with Crippen LogP contribution in [0.4, 0.5) is 5.00 Å². The Bertz CT molecular complexity index is 814. The van der Waals surface area contributed by atoms with E-state index in [1.165, 1.54) is 35.6 Å². The molecule has 2 atom stereocenters. The Kier molecular flexibility index (Phi) is 6.15. The zero-order valence-electron chi connectivity index (χ0n) is 17.7. The molecule has 2 heterocycles. The fraction of sp³-hybridized carbons (Fsp3) is 0.739. The topological polar surface area (TPSA) is 55.4 Å². The largest absolute Gasteiger partial charge is 0.462 e. The molecule has 1 aromatic rings. The molecule has 1 amide bonds. The maximum Gasteiger partial charge on any atom is 0.341 e. The zero-order chi connectivity index (χ0) is 20.7. The number of nitrogens with one attached hydrogen (secondary N) is 1. The molecule has 164 valence electrons. The van der Waals surface area contributed by atoms with Gasteiger partial charge in [-0.05, 0) is 75.7 Å². The fourth-order valence-electron chi connectivity index (χ4n) is 6.11. The van der Waals surface area contributed by atoms with Crippen LogP contribution in [0, 0.1) is 17.8 Å². The van der Waals surface area contributed by atoms with Gasteiger partial charge in [-0.2, -0.15) is 0 Å². The normalized spacial score (nSPS) is 29.4. The van der Waals surface area contributed by atoms with Crippen molar-refractivity contribution in [2.24, 2.45) is 17.8 Å². The molecular weight excluding hydrogens is 434 g/mol. The van der Waals surface area contributed by atoms with Gasteiger partial charge >= 0.3 is 5.97 Å². The highest BCUT2D eigenvalue weighted by atomic mass is 32.2. The number of fused-ring (bicyclic) bond motifs is 1. The summed E-state index contributed by atoms with van der Waals surface area (Å²) in [5.41, 5.74) is 1.76. The third kappa shape index (κ3) is 3.62. The van der Waals surface area contributed by atoms with Crippen molar-refractivity contribution in [2.45, 2.75) is 68.8 Å². The number of carbonyl (C=O) groups excluding carboxylic acids is 2. The van der Waals surface area contributed by atoms with E-state index in [0.717, 1.165) is 49.1 Å². The SMILES string of the molecule is CCOC(=O)c1c(NC(=O)C2CC3CCCC(C2)C32SCCS2)sc2c1CCCC2. The van der Waals surface area contributed by atoms with Crippen LogP contribution in [0.1, 0.15) is 72.7 Å². The molecule has 1 saturated heterocycles. The van der Waals surface area contributed by atoms with Gasteiger partial charge in [0, 0.05) is 22.3 Å². The number of ether oxygens (including phenoxy) is 1. The van der Waals surface area contributed by atoms with Crippen molar-refractivity contribution in [3.63, 3.8) is 0 Å². The molecule has 7 heteroatoms. The minimum Gasteiger partial charge on any atom is -0.462 e. The van der Waals surface area contributed by atoms with Gasteiger partial charge in [0.15, 0.2) is 0 Å². The number of hydrogen-bond donors (Lipinski definition) is 1. The third-order valence-corrected chi connectivity index (χ3v) is 12.6. The molecule has 4 nitrogen and oxygen atoms in total. The minimum atomic E-state index is -0.273. The Balaban J connectivity index is 1.36. The van der Waals surface area contributed by atoms with Gasteiger partial charge in [-0.25, -0.2) is 4.79 Å². The molecule has 0 radical (unpaired) electrons. The zero-order valence-corrected chi connectivity index (χ0v) is 20.1. The van der Waals surface area contributed by atoms with Crippen LogP contribution < -0.4 is 5.32 Å². The number of hydrogen-bond acceptors (Lipinski definition) is 6. The quantitative estimate of drug-likeness (QED) is 0.574. The van der Waals surface area contributed by atoms with Crippen LogP contribution in [0.5, 0.6) is 0 Å². The minimum absolute atomic E-state index is 0.0712. The van der Waals surface area contributed by atoms with Gasteiger partial charge in [-0.15, -0.1) is 34.9 Å². The molecule has 5 rings (SSSR count). The van der Waals surface area contributed by atoms with Crippen molar-refractivity contribution >= 4 is 51.7 Å². The van der Waals surface area contributed by atoms with E-state index in [0.29, 0.717) is 28.1 Å². The predicted molar refractivity (Wildman–Crippen MR) is 127 cm³/mol. The molecule has 1 spiro atoms. The first-order chi connectivity index (χ1) is 14.6. The van der Waals surface area contributed by atoms with Gasteiger partial charge in [0.05, 0.1) is 16.2 Å². The molecule has 3 fully saturated rings. The lowest BCUT2D eigenvalue weighted by Gasteiger charge is -2.52. The Hall–Kier alpha value is -0.660. The maximum absolute atomic E-state index is 13.4. The standard InChI is InChI=1S/C23H31NO3S3/c1-2-27-22(26)19-17-8-3-4-9-18(17)30-21(19)24-20(25)14-12-15-6-5-7-16(13-14)23(15)28-10-11-29-23/h14-16H,2-13H2,1H3,(H,24,25). The van der Waals surface area contributed by atoms with Crippen molar-refractivity contribution in [3.05, 3.63) is 16.0 Å². The molecule has 1 aromatic heterocycles. The number of thiophene rings is 1. The molecule has 30 heavy (non-hydrogen) atoms. The van der Waals surface area contributed by atoms with Crippen LogP contribution in [-0.4, -0.2) is 34.1 Å². The molecule has 2 bridgehead atoms. The van der Waals surface area contributed by atoms with E-state index in [4.69, 9.17) is 4.74 Å². The molecule has 0 aromatic carbocycles. The third-order valence-electron chi connectivity index (χ3n) is 7.38. The molecular formula is C23H31NO3S3. The Labute approximate surface area is 191 Å². The van der Waals surface area contributed by atoms with E-state index >= 15 is 0 Å². The van der Waals surface area contributed by atoms with E-state index in [-0.39, 0.29) is 17.8 Å². The van der Waals surface area contributed by atoms with Crippen LogP contribution in [0.3, 0.4) is 0 Å². The summed E-state index contributed by atoms with van der Waals surface area (Å²) in [6.07, 6.45) is 10.0. The summed E-state index contributed by atoms with van der Waals surface area (Å²) in [6, 6.07) is 0. The van der Waals surface area contributed by atoms with E-state index in [9.17, 15) is 9.59 Å². The molecule has 3 aliphatic carbocycles. The van der Waals surface area contributed by atoms with E-state index in [1.54, 1.807) is 11.3 Å². The fourth-order valence-corrected chi connectivity index (χ4v) is 11.3. The van der Waals surface area contributed by atoms with Crippen LogP contribution in [0.25, 0.3) is 0 Å². The van der Waals surface area contributed by atoms with Crippen molar-refractivity contribution in [1.29, 1.82) is 0 Å². The molecule has 1 aliphatic heterocycles. The average molecular weight is 466 g/mol. The highest BCUT2D eigenvalue weighted by Gasteiger charge is 2.55. The second-order valence-electron chi connectivity index (χ2n) is 9.04. The first kappa shape index (κ1) is 21.2. The number of rotatable bonds is 4. The van der Waals surface area contributed by atoms with Crippen molar-refractivity contribution in [2.75, 3.05) is 23.4 Å². The number of aryl methyl sites for hydroxylation is 1. The maximum atomic E-state index is 13.4. The van der Waals surface area contributed by atoms with Crippen LogP contribution in [-0.2, 0) is 22.4 Å².